The van der Waals surface area contributed by atoms with E-state index in [2.05, 4.69) is 9.97 Å². The average Bonchev–Trinajstić information content (AvgIpc) is 3.23. The van der Waals surface area contributed by atoms with Crippen LogP contribution in [0.4, 0.5) is 5.82 Å². The van der Waals surface area contributed by atoms with Crippen molar-refractivity contribution in [2.45, 2.75) is 19.5 Å². The summed E-state index contributed by atoms with van der Waals surface area (Å²) in [6.07, 6.45) is 4.63. The second-order valence-corrected chi connectivity index (χ2v) is 9.30. The average molecular weight is 486 g/mol. The molecule has 0 aliphatic carbocycles. The van der Waals surface area contributed by atoms with Crippen LogP contribution in [0.5, 0.6) is 0 Å². The third kappa shape index (κ3) is 5.32. The molecule has 1 unspecified atom stereocenters. The number of benzene rings is 1. The first kappa shape index (κ1) is 23.2. The molecule has 33 heavy (non-hydrogen) atoms. The van der Waals surface area contributed by atoms with Crippen LogP contribution in [-0.4, -0.2) is 63.9 Å². The molecule has 4 rings (SSSR count). The Morgan fingerprint density at radius 1 is 1.30 bits per heavy atom. The maximum atomic E-state index is 13.3. The number of amides is 2. The van der Waals surface area contributed by atoms with Crippen molar-refractivity contribution in [3.8, 4) is 0 Å². The Balaban J connectivity index is 1.49. The van der Waals surface area contributed by atoms with Crippen molar-refractivity contribution in [1.29, 1.82) is 0 Å². The Bertz CT molecular complexity index is 1200. The molecule has 1 atom stereocenters. The summed E-state index contributed by atoms with van der Waals surface area (Å²) in [6, 6.07) is 8.64. The molecule has 0 spiro atoms. The molecule has 8 nitrogen and oxygen atoms in total. The minimum atomic E-state index is -0.679. The quantitative estimate of drug-likeness (QED) is 0.515. The molecule has 1 saturated heterocycles. The van der Waals surface area contributed by atoms with Crippen molar-refractivity contribution in [2.75, 3.05) is 32.0 Å². The molecule has 172 valence electrons. The van der Waals surface area contributed by atoms with E-state index in [9.17, 15) is 9.59 Å². The van der Waals surface area contributed by atoms with Crippen LogP contribution in [-0.2, 0) is 20.9 Å². The molecule has 10 heteroatoms. The lowest BCUT2D eigenvalue weighted by Crippen LogP contribution is -2.59. The highest BCUT2D eigenvalue weighted by Crippen LogP contribution is 2.23. The van der Waals surface area contributed by atoms with E-state index in [4.69, 9.17) is 22.1 Å². The van der Waals surface area contributed by atoms with E-state index in [0.29, 0.717) is 36.4 Å². The largest absolute Gasteiger partial charge is 0.383 e. The summed E-state index contributed by atoms with van der Waals surface area (Å²) in [4.78, 5) is 38.7. The van der Waals surface area contributed by atoms with Crippen molar-refractivity contribution in [1.82, 2.24) is 19.8 Å². The first-order chi connectivity index (χ1) is 16.0. The molecule has 1 aliphatic rings. The molecule has 0 saturated carbocycles. The number of hydrogen-bond donors (Lipinski definition) is 1. The zero-order valence-corrected chi connectivity index (χ0v) is 19.7. The van der Waals surface area contributed by atoms with E-state index in [-0.39, 0.29) is 18.4 Å². The zero-order chi connectivity index (χ0) is 23.4. The third-order valence-corrected chi connectivity index (χ3v) is 6.63. The molecular formula is C23H24ClN5O3S. The van der Waals surface area contributed by atoms with Gasteiger partial charge in [0, 0.05) is 42.6 Å². The molecule has 2 N–H and O–H groups in total. The van der Waals surface area contributed by atoms with Gasteiger partial charge in [0.15, 0.2) is 0 Å². The summed E-state index contributed by atoms with van der Waals surface area (Å²) in [5, 5.41) is 0.774. The van der Waals surface area contributed by atoms with Crippen LogP contribution in [0, 0.1) is 0 Å². The van der Waals surface area contributed by atoms with Gasteiger partial charge in [-0.2, -0.15) is 0 Å². The number of nitrogens with zero attached hydrogens (tertiary/aromatic N) is 4. The molecule has 0 radical (unpaired) electrons. The van der Waals surface area contributed by atoms with Crippen LogP contribution in [0.2, 0.25) is 4.34 Å². The predicted molar refractivity (Wildman–Crippen MR) is 130 cm³/mol. The summed E-state index contributed by atoms with van der Waals surface area (Å²) >= 11 is 7.34. The number of piperazine rings is 1. The Labute approximate surface area is 200 Å². The van der Waals surface area contributed by atoms with Crippen molar-refractivity contribution in [3.05, 3.63) is 57.5 Å². The highest BCUT2D eigenvalue weighted by Gasteiger charge is 2.36. The summed E-state index contributed by atoms with van der Waals surface area (Å²) < 4.78 is 6.20. The molecule has 3 heterocycles. The fourth-order valence-corrected chi connectivity index (χ4v) is 4.72. The van der Waals surface area contributed by atoms with E-state index in [1.54, 1.807) is 21.9 Å². The van der Waals surface area contributed by atoms with Gasteiger partial charge in [0.1, 0.15) is 18.2 Å². The van der Waals surface area contributed by atoms with Gasteiger partial charge in [-0.3, -0.25) is 9.59 Å². The fourth-order valence-electron chi connectivity index (χ4n) is 3.76. The number of ether oxygens (including phenoxy) is 1. The van der Waals surface area contributed by atoms with Gasteiger partial charge in [-0.05, 0) is 42.8 Å². The number of thiophene rings is 1. The number of rotatable bonds is 7. The summed E-state index contributed by atoms with van der Waals surface area (Å²) in [6.45, 7) is 3.72. The van der Waals surface area contributed by atoms with Crippen LogP contribution in [0.25, 0.3) is 17.0 Å². The van der Waals surface area contributed by atoms with Crippen molar-refractivity contribution >= 4 is 57.5 Å². The molecule has 3 aromatic rings. The summed E-state index contributed by atoms with van der Waals surface area (Å²) in [5.41, 5.74) is 7.56. The number of aromatic nitrogens is 2. The number of carbonyl (C=O) groups is 2. The molecule has 1 aliphatic heterocycles. The van der Waals surface area contributed by atoms with Crippen molar-refractivity contribution in [2.24, 2.45) is 0 Å². The fraction of sp³-hybridized carbons (Fsp3) is 0.304. The minimum absolute atomic E-state index is 0.141. The van der Waals surface area contributed by atoms with Crippen LogP contribution < -0.4 is 5.73 Å². The number of nitrogen functional groups attached to an aromatic ring is 1. The minimum Gasteiger partial charge on any atom is -0.383 e. The zero-order valence-electron chi connectivity index (χ0n) is 18.1. The van der Waals surface area contributed by atoms with Crippen LogP contribution in [0.1, 0.15) is 17.4 Å². The summed E-state index contributed by atoms with van der Waals surface area (Å²) in [5.74, 6) is 0.0532. The first-order valence-corrected chi connectivity index (χ1v) is 11.8. The smallest absolute Gasteiger partial charge is 0.248 e. The SMILES string of the molecule is CCOCC1C(=O)N(Cc2ccc3c(N)ncnc3c2)CCN1C(=O)/C=C/c1ccc(Cl)s1. The maximum Gasteiger partial charge on any atom is 0.248 e. The standard InChI is InChI=1S/C23H24ClN5O3S/c1-2-32-13-19-23(31)28(12-15-3-6-17-18(11-15)26-14-27-22(17)25)9-10-29(19)21(30)8-5-16-4-7-20(24)33-16/h3-8,11,14,19H,2,9-10,12-13H2,1H3,(H2,25,26,27)/b8-5+. The van der Waals surface area contributed by atoms with Crippen LogP contribution in [0.3, 0.4) is 0 Å². The second-order valence-electron chi connectivity index (χ2n) is 7.55. The second kappa shape index (κ2) is 10.3. The normalized spacial score (nSPS) is 16.8. The molecule has 1 fully saturated rings. The predicted octanol–water partition coefficient (Wildman–Crippen LogP) is 3.22. The Morgan fingerprint density at radius 3 is 2.91 bits per heavy atom. The molecular weight excluding hydrogens is 462 g/mol. The number of carbonyl (C=O) groups excluding carboxylic acids is 2. The van der Waals surface area contributed by atoms with Crippen LogP contribution in [0.15, 0.2) is 42.7 Å². The van der Waals surface area contributed by atoms with E-state index in [1.165, 1.54) is 23.7 Å². The number of nitrogens with two attached hydrogens (primary N) is 1. The molecule has 1 aromatic carbocycles. The topological polar surface area (TPSA) is 102 Å². The van der Waals surface area contributed by atoms with Crippen molar-refractivity contribution < 1.29 is 14.3 Å². The monoisotopic (exact) mass is 485 g/mol. The van der Waals surface area contributed by atoms with Gasteiger partial charge in [-0.15, -0.1) is 11.3 Å². The van der Waals surface area contributed by atoms with Gasteiger partial charge >= 0.3 is 0 Å². The molecule has 2 aromatic heterocycles. The van der Waals surface area contributed by atoms with Gasteiger partial charge in [-0.25, -0.2) is 9.97 Å². The molecule has 0 bridgehead atoms. The maximum absolute atomic E-state index is 13.3. The van der Waals surface area contributed by atoms with E-state index < -0.39 is 6.04 Å². The summed E-state index contributed by atoms with van der Waals surface area (Å²) in [7, 11) is 0. The number of anilines is 1. The van der Waals surface area contributed by atoms with E-state index >= 15 is 0 Å². The van der Waals surface area contributed by atoms with Crippen molar-refractivity contribution in [3.63, 3.8) is 0 Å². The third-order valence-electron chi connectivity index (χ3n) is 5.44. The highest BCUT2D eigenvalue weighted by molar-refractivity contribution is 7.17. The Kier molecular flexibility index (Phi) is 7.22. The lowest BCUT2D eigenvalue weighted by Gasteiger charge is -2.40. The number of halogens is 1. The van der Waals surface area contributed by atoms with E-state index in [1.807, 2.05) is 31.2 Å². The van der Waals surface area contributed by atoms with E-state index in [0.717, 1.165) is 21.3 Å². The first-order valence-electron chi connectivity index (χ1n) is 10.6. The number of hydrogen-bond acceptors (Lipinski definition) is 7. The van der Waals surface area contributed by atoms with Gasteiger partial charge in [-0.1, -0.05) is 17.7 Å². The lowest BCUT2D eigenvalue weighted by atomic mass is 10.1. The van der Waals surface area contributed by atoms with Gasteiger partial charge in [0.05, 0.1) is 16.5 Å². The van der Waals surface area contributed by atoms with Gasteiger partial charge in [0.25, 0.3) is 0 Å². The Morgan fingerprint density at radius 2 is 2.15 bits per heavy atom. The number of fused-ring (bicyclic) bond motifs is 1. The van der Waals surface area contributed by atoms with Gasteiger partial charge < -0.3 is 20.3 Å². The van der Waals surface area contributed by atoms with Gasteiger partial charge in [0.2, 0.25) is 11.8 Å². The Hall–Kier alpha value is -3.01. The highest BCUT2D eigenvalue weighted by atomic mass is 35.5. The lowest BCUT2D eigenvalue weighted by molar-refractivity contribution is -0.152. The molecule has 2 amide bonds. The van der Waals surface area contributed by atoms with Crippen LogP contribution >= 0.6 is 22.9 Å².